The van der Waals surface area contributed by atoms with E-state index in [1.165, 1.54) is 64.0 Å². The number of nitrogens with zero attached hydrogens (tertiary/aromatic N) is 15. The lowest BCUT2D eigenvalue weighted by molar-refractivity contribution is -0.118. The second kappa shape index (κ2) is 40.4. The quantitative estimate of drug-likeness (QED) is 0.0869. The molecule has 0 radical (unpaired) electrons. The van der Waals surface area contributed by atoms with Crippen LogP contribution in [0.1, 0.15) is 129 Å². The fraction of sp³-hybridized carbons (Fsp3) is 0.435. The minimum absolute atomic E-state index is 0.0445. The van der Waals surface area contributed by atoms with Crippen LogP contribution in [-0.4, -0.2) is 120 Å². The molecule has 6 heterocycles. The van der Waals surface area contributed by atoms with Crippen molar-refractivity contribution in [2.75, 3.05) is 0 Å². The SMILES string of the molecule is CC(=O)Cc1cc(C)ccc1C.CC(=O)Cc1cc(C)ccc1C.CC(=O)Cn1nc(Br)nc1Br.CC(=O)Cn1nc(C)cc1C.CC(=O)Cn1nc(C)cc1C.CC(=O)Cn1nc(C)cc1Cl.CC(=O)Cn1nc(C)nc1C.CC(=O)Cn1nc(Cl)nc1Cl. The van der Waals surface area contributed by atoms with Gasteiger partial charge in [0.1, 0.15) is 54.5 Å². The molecule has 23 nitrogen and oxygen atoms in total. The van der Waals surface area contributed by atoms with Crippen LogP contribution >= 0.6 is 66.7 Å². The van der Waals surface area contributed by atoms with Gasteiger partial charge >= 0.3 is 0 Å². The van der Waals surface area contributed by atoms with Gasteiger partial charge in [0.15, 0.2) is 39.4 Å². The molecule has 90 heavy (non-hydrogen) atoms. The van der Waals surface area contributed by atoms with Gasteiger partial charge in [0.25, 0.3) is 0 Å². The van der Waals surface area contributed by atoms with Crippen LogP contribution in [-0.2, 0) is 90.5 Å². The highest BCUT2D eigenvalue weighted by molar-refractivity contribution is 9.11. The highest BCUT2D eigenvalue weighted by atomic mass is 79.9. The van der Waals surface area contributed by atoms with E-state index in [2.05, 4.69) is 114 Å². The Labute approximate surface area is 558 Å². The van der Waals surface area contributed by atoms with Gasteiger partial charge < -0.3 is 0 Å². The fourth-order valence-corrected chi connectivity index (χ4v) is 9.20. The molecule has 488 valence electrons. The molecule has 0 spiro atoms. The van der Waals surface area contributed by atoms with Crippen LogP contribution in [0.2, 0.25) is 15.7 Å². The number of rotatable bonds is 16. The Morgan fingerprint density at radius 2 is 0.756 bits per heavy atom. The molecular formula is C62H82Br2Cl3N15O8. The number of hydrogen-bond donors (Lipinski definition) is 0. The highest BCUT2D eigenvalue weighted by Gasteiger charge is 2.10. The van der Waals surface area contributed by atoms with Crippen LogP contribution in [0, 0.1) is 76.2 Å². The lowest BCUT2D eigenvalue weighted by Crippen LogP contribution is -2.09. The maximum atomic E-state index is 10.9. The third kappa shape index (κ3) is 34.0. The van der Waals surface area contributed by atoms with Gasteiger partial charge in [0.2, 0.25) is 15.3 Å². The summed E-state index contributed by atoms with van der Waals surface area (Å²) in [5.74, 6) is 2.37. The van der Waals surface area contributed by atoms with E-state index >= 15 is 0 Å². The first-order chi connectivity index (χ1) is 41.7. The zero-order valence-electron chi connectivity index (χ0n) is 54.7. The average Bonchev–Trinajstić information content (AvgIpc) is 4.20. The van der Waals surface area contributed by atoms with Gasteiger partial charge in [-0.25, -0.2) is 23.7 Å². The van der Waals surface area contributed by atoms with Gasteiger partial charge in [-0.3, -0.25) is 47.7 Å². The van der Waals surface area contributed by atoms with Crippen LogP contribution in [0.5, 0.6) is 0 Å². The van der Waals surface area contributed by atoms with Crippen LogP contribution < -0.4 is 0 Å². The number of benzene rings is 2. The first-order valence-electron chi connectivity index (χ1n) is 27.9. The van der Waals surface area contributed by atoms with Crippen molar-refractivity contribution in [1.29, 1.82) is 0 Å². The van der Waals surface area contributed by atoms with Crippen LogP contribution in [0.15, 0.2) is 64.1 Å². The first-order valence-corrected chi connectivity index (χ1v) is 30.7. The Balaban J connectivity index is 0.000000514. The molecule has 2 aromatic carbocycles. The average molecular weight is 1430 g/mol. The Kier molecular flexibility index (Phi) is 36.2. The number of aryl methyl sites for hydroxylation is 11. The minimum Gasteiger partial charge on any atom is -0.300 e. The molecule has 0 aliphatic carbocycles. The van der Waals surface area contributed by atoms with E-state index < -0.39 is 0 Å². The second-order valence-electron chi connectivity index (χ2n) is 21.2. The molecule has 0 saturated carbocycles. The molecule has 0 amide bonds. The van der Waals surface area contributed by atoms with E-state index in [0.717, 1.165) is 45.4 Å². The maximum Gasteiger partial charge on any atom is 0.243 e. The molecule has 8 rings (SSSR count). The van der Waals surface area contributed by atoms with Gasteiger partial charge in [-0.2, -0.15) is 30.4 Å². The third-order valence-electron chi connectivity index (χ3n) is 11.3. The molecule has 0 N–H and O–H groups in total. The first kappa shape index (κ1) is 80.7. The molecule has 0 fully saturated rings. The molecule has 8 aromatic rings. The molecular weight excluding hydrogens is 1350 g/mol. The molecule has 0 aliphatic heterocycles. The van der Waals surface area contributed by atoms with Gasteiger partial charge in [0.05, 0.1) is 30.2 Å². The van der Waals surface area contributed by atoms with Gasteiger partial charge in [-0.15, -0.1) is 10.2 Å². The molecule has 28 heteroatoms. The highest BCUT2D eigenvalue weighted by Crippen LogP contribution is 2.15. The summed E-state index contributed by atoms with van der Waals surface area (Å²) in [6.45, 7) is 35.5. The number of carbonyl (C=O) groups is 8. The number of ketones is 8. The van der Waals surface area contributed by atoms with E-state index in [1.807, 2.05) is 88.3 Å². The number of aromatic nitrogens is 15. The standard InChI is InChI=1S/2C11H14O.2C8H12N2O.C7H9ClN2O.C7H11N3O.C5H5Br2N3O.C5H5Cl2N3O/c2*1-8-4-5-9(2)11(6-8)7-10(3)12;2*1-6-4-7(2)10(9-6)5-8(3)11;1-5-3-7(8)10(9-5)4-6(2)11;1-5(11)4-10-7(3)8-6(2)9-10;2*1-3(11)2-10-5(7)8-4(6)9-10/h2*4-6H,7H2,1-3H3;2*4H,5H2,1-3H3;3H,4H2,1-2H3;4H2,1-3H3;2*2H2,1H3. The normalized spacial score (nSPS) is 10.0. The fourth-order valence-electron chi connectivity index (χ4n) is 7.58. The van der Waals surface area contributed by atoms with Gasteiger partial charge in [0, 0.05) is 24.2 Å². The van der Waals surface area contributed by atoms with Crippen molar-refractivity contribution in [3.63, 3.8) is 0 Å². The number of Topliss-reactive ketones (excluding diaryl/α,β-unsaturated/α-hetero) is 8. The molecule has 0 atom stereocenters. The third-order valence-corrected chi connectivity index (χ3v) is 13.0. The lowest BCUT2D eigenvalue weighted by Gasteiger charge is -2.03. The van der Waals surface area contributed by atoms with Gasteiger partial charge in [-0.1, -0.05) is 59.1 Å². The zero-order valence-corrected chi connectivity index (χ0v) is 60.2. The number of carbonyl (C=O) groups excluding carboxylic acids is 8. The summed E-state index contributed by atoms with van der Waals surface area (Å²) in [5.41, 5.74) is 12.0. The maximum absolute atomic E-state index is 10.9. The van der Waals surface area contributed by atoms with Crippen molar-refractivity contribution in [3.05, 3.63) is 153 Å². The van der Waals surface area contributed by atoms with Crippen molar-refractivity contribution < 1.29 is 38.4 Å². The van der Waals surface area contributed by atoms with E-state index in [9.17, 15) is 38.4 Å². The van der Waals surface area contributed by atoms with Gasteiger partial charge in [-0.05, 0) is 227 Å². The van der Waals surface area contributed by atoms with E-state index in [4.69, 9.17) is 34.8 Å². The predicted octanol–water partition coefficient (Wildman–Crippen LogP) is 11.5. The Hall–Kier alpha value is -7.32. The topological polar surface area (TPSA) is 282 Å². The van der Waals surface area contributed by atoms with Crippen LogP contribution in [0.3, 0.4) is 0 Å². The molecule has 6 aromatic heterocycles. The van der Waals surface area contributed by atoms with Crippen LogP contribution in [0.4, 0.5) is 0 Å². The van der Waals surface area contributed by atoms with Crippen molar-refractivity contribution in [2.45, 2.75) is 184 Å². The summed E-state index contributed by atoms with van der Waals surface area (Å²) in [5, 5.41) is 24.6. The minimum atomic E-state index is -0.0477. The van der Waals surface area contributed by atoms with E-state index in [0.29, 0.717) is 52.9 Å². The molecule has 0 unspecified atom stereocenters. The smallest absolute Gasteiger partial charge is 0.243 e. The summed E-state index contributed by atoms with van der Waals surface area (Å²) in [4.78, 5) is 97.3. The monoisotopic (exact) mass is 1430 g/mol. The van der Waals surface area contributed by atoms with Crippen molar-refractivity contribution in [1.82, 2.24) is 73.6 Å². The van der Waals surface area contributed by atoms with Crippen LogP contribution in [0.25, 0.3) is 0 Å². The number of halogens is 5. The lowest BCUT2D eigenvalue weighted by atomic mass is 10.0. The zero-order chi connectivity index (χ0) is 68.9. The Morgan fingerprint density at radius 3 is 1.06 bits per heavy atom. The Morgan fingerprint density at radius 1 is 0.389 bits per heavy atom. The Bertz CT molecular complexity index is 3210. The molecule has 0 aliphatic rings. The van der Waals surface area contributed by atoms with E-state index in [1.54, 1.807) is 47.8 Å². The summed E-state index contributed by atoms with van der Waals surface area (Å²) >= 11 is 22.9. The predicted molar refractivity (Wildman–Crippen MR) is 355 cm³/mol. The summed E-state index contributed by atoms with van der Waals surface area (Å²) in [6.07, 6.45) is 1.13. The van der Waals surface area contributed by atoms with Crippen molar-refractivity contribution in [3.8, 4) is 0 Å². The largest absolute Gasteiger partial charge is 0.300 e. The van der Waals surface area contributed by atoms with E-state index in [-0.39, 0.29) is 76.5 Å². The van der Waals surface area contributed by atoms with Crippen molar-refractivity contribution >= 4 is 113 Å². The summed E-state index contributed by atoms with van der Waals surface area (Å²) in [6, 6.07) is 18.1. The second-order valence-corrected chi connectivity index (χ2v) is 23.7. The van der Waals surface area contributed by atoms with Crippen molar-refractivity contribution in [2.24, 2.45) is 0 Å². The molecule has 0 bridgehead atoms. The molecule has 0 saturated heterocycles. The summed E-state index contributed by atoms with van der Waals surface area (Å²) < 4.78 is 10.3. The number of hydrogen-bond acceptors (Lipinski definition) is 17. The summed E-state index contributed by atoms with van der Waals surface area (Å²) in [7, 11) is 0.